The van der Waals surface area contributed by atoms with E-state index in [4.69, 9.17) is 4.74 Å². The second-order valence-corrected chi connectivity index (χ2v) is 6.04. The van der Waals surface area contributed by atoms with Crippen molar-refractivity contribution in [3.63, 3.8) is 0 Å². The molecule has 0 aliphatic carbocycles. The second-order valence-electron chi connectivity index (χ2n) is 6.04. The lowest BCUT2D eigenvalue weighted by atomic mass is 10.1. The van der Waals surface area contributed by atoms with Gasteiger partial charge in [0.05, 0.1) is 6.61 Å². The molecule has 112 valence electrons. The zero-order valence-electron chi connectivity index (χ0n) is 13.3. The molecule has 0 aromatic heterocycles. The van der Waals surface area contributed by atoms with Crippen LogP contribution < -0.4 is 10.1 Å². The number of piperazine rings is 1. The van der Waals surface area contributed by atoms with Gasteiger partial charge in [0.25, 0.3) is 0 Å². The highest BCUT2D eigenvalue weighted by Gasteiger charge is 2.23. The number of nitrogens with zero attached hydrogens (tertiary/aromatic N) is 1. The number of hydrogen-bond acceptors (Lipinski definition) is 3. The molecule has 1 aromatic rings. The first-order valence-electron chi connectivity index (χ1n) is 7.74. The Hall–Kier alpha value is -1.06. The van der Waals surface area contributed by atoms with Crippen LogP contribution in [0.1, 0.15) is 31.4 Å². The fourth-order valence-corrected chi connectivity index (χ4v) is 2.85. The largest absolute Gasteiger partial charge is 0.494 e. The van der Waals surface area contributed by atoms with Gasteiger partial charge in [-0.3, -0.25) is 4.90 Å². The Morgan fingerprint density at radius 2 is 1.85 bits per heavy atom. The molecule has 0 saturated carbocycles. The number of hydrogen-bond donors (Lipinski definition) is 1. The summed E-state index contributed by atoms with van der Waals surface area (Å²) in [5.74, 6) is 0.995. The fourth-order valence-electron chi connectivity index (χ4n) is 2.85. The molecular formula is C17H28N2O. The summed E-state index contributed by atoms with van der Waals surface area (Å²) in [4.78, 5) is 2.58. The molecule has 1 N–H and O–H groups in total. The fraction of sp³-hybridized carbons (Fsp3) is 0.647. The van der Waals surface area contributed by atoms with Gasteiger partial charge >= 0.3 is 0 Å². The van der Waals surface area contributed by atoms with Gasteiger partial charge in [-0.25, -0.2) is 0 Å². The Kier molecular flexibility index (Phi) is 5.44. The first-order valence-corrected chi connectivity index (χ1v) is 7.74. The maximum Gasteiger partial charge on any atom is 0.119 e. The monoisotopic (exact) mass is 276 g/mol. The summed E-state index contributed by atoms with van der Waals surface area (Å²) < 4.78 is 5.86. The summed E-state index contributed by atoms with van der Waals surface area (Å²) in [5.41, 5.74) is 2.62. The summed E-state index contributed by atoms with van der Waals surface area (Å²) in [6.07, 6.45) is 1.08. The number of benzene rings is 1. The van der Waals surface area contributed by atoms with Crippen molar-refractivity contribution in [2.24, 2.45) is 0 Å². The third kappa shape index (κ3) is 3.97. The summed E-state index contributed by atoms with van der Waals surface area (Å²) in [6, 6.07) is 7.58. The maximum atomic E-state index is 5.86. The van der Waals surface area contributed by atoms with E-state index >= 15 is 0 Å². The van der Waals surface area contributed by atoms with Crippen molar-refractivity contribution in [2.45, 2.75) is 46.2 Å². The Morgan fingerprint density at radius 3 is 2.50 bits per heavy atom. The minimum Gasteiger partial charge on any atom is -0.494 e. The molecule has 2 rings (SSSR count). The number of rotatable bonds is 5. The molecule has 3 nitrogen and oxygen atoms in total. The Bertz CT molecular complexity index is 423. The molecule has 2 atom stereocenters. The van der Waals surface area contributed by atoms with Crippen molar-refractivity contribution in [1.29, 1.82) is 0 Å². The van der Waals surface area contributed by atoms with E-state index in [9.17, 15) is 0 Å². The van der Waals surface area contributed by atoms with E-state index in [1.165, 1.54) is 11.1 Å². The molecule has 0 radical (unpaired) electrons. The third-order valence-electron chi connectivity index (χ3n) is 4.32. The predicted molar refractivity (Wildman–Crippen MR) is 84.5 cm³/mol. The highest BCUT2D eigenvalue weighted by Crippen LogP contribution is 2.17. The number of ether oxygens (including phenoxy) is 1. The van der Waals surface area contributed by atoms with E-state index in [0.29, 0.717) is 12.1 Å². The van der Waals surface area contributed by atoms with Crippen molar-refractivity contribution in [3.8, 4) is 5.75 Å². The summed E-state index contributed by atoms with van der Waals surface area (Å²) >= 11 is 0. The average molecular weight is 276 g/mol. The van der Waals surface area contributed by atoms with Gasteiger partial charge in [-0.05, 0) is 57.4 Å². The first kappa shape index (κ1) is 15.3. The van der Waals surface area contributed by atoms with Gasteiger partial charge in [0.2, 0.25) is 0 Å². The number of aryl methyl sites for hydroxylation is 2. The van der Waals surface area contributed by atoms with E-state index in [2.05, 4.69) is 56.1 Å². The lowest BCUT2D eigenvalue weighted by Crippen LogP contribution is -2.55. The van der Waals surface area contributed by atoms with Crippen molar-refractivity contribution in [2.75, 3.05) is 26.2 Å². The molecule has 20 heavy (non-hydrogen) atoms. The zero-order chi connectivity index (χ0) is 14.5. The van der Waals surface area contributed by atoms with Crippen LogP contribution in [-0.2, 0) is 0 Å². The molecule has 0 bridgehead atoms. The lowest BCUT2D eigenvalue weighted by Gasteiger charge is -2.39. The van der Waals surface area contributed by atoms with Crippen LogP contribution in [0.15, 0.2) is 18.2 Å². The number of nitrogens with one attached hydrogen (secondary N) is 1. The lowest BCUT2D eigenvalue weighted by molar-refractivity contribution is 0.109. The minimum atomic E-state index is 0.625. The molecule has 0 spiro atoms. The van der Waals surface area contributed by atoms with Crippen LogP contribution in [0.5, 0.6) is 5.75 Å². The highest BCUT2D eigenvalue weighted by molar-refractivity contribution is 5.33. The van der Waals surface area contributed by atoms with Gasteiger partial charge in [0.1, 0.15) is 5.75 Å². The Labute approximate surface area is 123 Å². The normalized spacial score (nSPS) is 23.8. The molecule has 1 aliphatic heterocycles. The molecule has 2 unspecified atom stereocenters. The van der Waals surface area contributed by atoms with Crippen molar-refractivity contribution < 1.29 is 4.74 Å². The van der Waals surface area contributed by atoms with Crippen LogP contribution in [0.25, 0.3) is 0 Å². The standard InChI is InChI=1S/C17H28N2O/c1-13-6-7-17(10-14(13)2)20-9-5-8-19-15(3)11-18-12-16(19)4/h6-7,10,15-16,18H,5,8-9,11-12H2,1-4H3. The average Bonchev–Trinajstić information content (AvgIpc) is 2.41. The van der Waals surface area contributed by atoms with Gasteiger partial charge in [-0.2, -0.15) is 0 Å². The van der Waals surface area contributed by atoms with Crippen LogP contribution in [0.4, 0.5) is 0 Å². The van der Waals surface area contributed by atoms with Gasteiger partial charge in [0.15, 0.2) is 0 Å². The SMILES string of the molecule is Cc1ccc(OCCCN2C(C)CNCC2C)cc1C. The van der Waals surface area contributed by atoms with E-state index in [-0.39, 0.29) is 0 Å². The quantitative estimate of drug-likeness (QED) is 0.837. The summed E-state index contributed by atoms with van der Waals surface area (Å²) in [7, 11) is 0. The zero-order valence-corrected chi connectivity index (χ0v) is 13.3. The van der Waals surface area contributed by atoms with Crippen molar-refractivity contribution in [1.82, 2.24) is 10.2 Å². The van der Waals surface area contributed by atoms with Crippen LogP contribution in [0, 0.1) is 13.8 Å². The summed E-state index contributed by atoms with van der Waals surface area (Å²) in [6.45, 7) is 13.0. The van der Waals surface area contributed by atoms with Crippen LogP contribution >= 0.6 is 0 Å². The third-order valence-corrected chi connectivity index (χ3v) is 4.32. The van der Waals surface area contributed by atoms with E-state index in [1.54, 1.807) is 0 Å². The van der Waals surface area contributed by atoms with Gasteiger partial charge < -0.3 is 10.1 Å². The van der Waals surface area contributed by atoms with E-state index in [1.807, 2.05) is 0 Å². The smallest absolute Gasteiger partial charge is 0.119 e. The molecular weight excluding hydrogens is 248 g/mol. The van der Waals surface area contributed by atoms with Crippen LogP contribution in [0.3, 0.4) is 0 Å². The van der Waals surface area contributed by atoms with Gasteiger partial charge in [-0.15, -0.1) is 0 Å². The van der Waals surface area contributed by atoms with E-state index in [0.717, 1.165) is 38.4 Å². The Morgan fingerprint density at radius 1 is 1.15 bits per heavy atom. The molecule has 1 heterocycles. The van der Waals surface area contributed by atoms with Gasteiger partial charge in [-0.1, -0.05) is 6.07 Å². The molecule has 1 saturated heterocycles. The molecule has 1 aliphatic rings. The van der Waals surface area contributed by atoms with E-state index < -0.39 is 0 Å². The molecule has 1 aromatic carbocycles. The Balaban J connectivity index is 1.74. The van der Waals surface area contributed by atoms with Gasteiger partial charge in [0, 0.05) is 31.7 Å². The molecule has 0 amide bonds. The van der Waals surface area contributed by atoms with Crippen molar-refractivity contribution in [3.05, 3.63) is 29.3 Å². The molecule has 1 fully saturated rings. The van der Waals surface area contributed by atoms with Crippen LogP contribution in [0.2, 0.25) is 0 Å². The van der Waals surface area contributed by atoms with Crippen molar-refractivity contribution >= 4 is 0 Å². The minimum absolute atomic E-state index is 0.625. The maximum absolute atomic E-state index is 5.86. The predicted octanol–water partition coefficient (Wildman–Crippen LogP) is 2.75. The molecule has 3 heteroatoms. The van der Waals surface area contributed by atoms with Crippen LogP contribution in [-0.4, -0.2) is 43.2 Å². The first-order chi connectivity index (χ1) is 9.58. The highest BCUT2D eigenvalue weighted by atomic mass is 16.5. The summed E-state index contributed by atoms with van der Waals surface area (Å²) in [5, 5.41) is 3.47. The second kappa shape index (κ2) is 7.09. The topological polar surface area (TPSA) is 24.5 Å².